The Hall–Kier alpha value is -2.84. The van der Waals surface area contributed by atoms with E-state index in [0.717, 1.165) is 23.6 Å². The van der Waals surface area contributed by atoms with Gasteiger partial charge in [0.25, 0.3) is 16.0 Å². The number of hydrogen-bond acceptors (Lipinski definition) is 4. The molecule has 0 aliphatic rings. The van der Waals surface area contributed by atoms with E-state index in [1.165, 1.54) is 0 Å². The molecule has 0 saturated carbocycles. The molecule has 0 spiro atoms. The number of carbonyl (C=O) groups is 1. The van der Waals surface area contributed by atoms with E-state index in [2.05, 4.69) is 24.1 Å². The van der Waals surface area contributed by atoms with E-state index in [9.17, 15) is 13.2 Å². The van der Waals surface area contributed by atoms with Crippen molar-refractivity contribution in [3.63, 3.8) is 0 Å². The number of nitrogens with one attached hydrogen (secondary N) is 2. The molecule has 3 aromatic carbocycles. The minimum absolute atomic E-state index is 0.332. The van der Waals surface area contributed by atoms with Crippen molar-refractivity contribution in [2.75, 3.05) is 12.4 Å². The summed E-state index contributed by atoms with van der Waals surface area (Å²) in [4.78, 5) is 16.2. The zero-order chi connectivity index (χ0) is 27.2. The van der Waals surface area contributed by atoms with Gasteiger partial charge in [-0.25, -0.2) is 0 Å². The second-order valence-electron chi connectivity index (χ2n) is 9.93. The molecule has 6 nitrogen and oxygen atoms in total. The fraction of sp³-hybridized carbons (Fsp3) is 0.250. The molecule has 0 atom stereocenters. The molecule has 1 heterocycles. The number of anilines is 1. The summed E-state index contributed by atoms with van der Waals surface area (Å²) in [5, 5.41) is 4.85. The molecular formula is C28H28Cl2N2O4S. The van der Waals surface area contributed by atoms with Crippen molar-refractivity contribution in [3.8, 4) is 0 Å². The molecule has 0 unspecified atom stereocenters. The lowest BCUT2D eigenvalue weighted by Crippen LogP contribution is -2.30. The van der Waals surface area contributed by atoms with E-state index >= 15 is 0 Å². The van der Waals surface area contributed by atoms with Crippen LogP contribution in [0.4, 0.5) is 5.69 Å². The molecule has 1 aromatic heterocycles. The summed E-state index contributed by atoms with van der Waals surface area (Å²) >= 11 is 12.5. The quantitative estimate of drug-likeness (QED) is 0.233. The molecule has 0 aliphatic heterocycles. The second kappa shape index (κ2) is 9.80. The van der Waals surface area contributed by atoms with Crippen molar-refractivity contribution in [2.45, 2.75) is 37.9 Å². The Morgan fingerprint density at radius 2 is 1.49 bits per heavy atom. The van der Waals surface area contributed by atoms with Gasteiger partial charge in [-0.3, -0.25) is 8.98 Å². The Kier molecular flexibility index (Phi) is 7.20. The zero-order valence-electron chi connectivity index (χ0n) is 21.1. The summed E-state index contributed by atoms with van der Waals surface area (Å²) in [5.74, 6) is -0.348. The van der Waals surface area contributed by atoms with Gasteiger partial charge in [0.2, 0.25) is 0 Å². The average molecular weight is 560 g/mol. The number of aromatic amines is 1. The summed E-state index contributed by atoms with van der Waals surface area (Å²) in [6.07, 6.45) is 0. The molecule has 0 fully saturated rings. The first-order valence-corrected chi connectivity index (χ1v) is 13.7. The molecule has 0 saturated heterocycles. The van der Waals surface area contributed by atoms with Crippen molar-refractivity contribution in [2.24, 2.45) is 0 Å². The highest BCUT2D eigenvalue weighted by Crippen LogP contribution is 2.36. The molecule has 0 radical (unpaired) electrons. The first-order chi connectivity index (χ1) is 17.2. The van der Waals surface area contributed by atoms with E-state index in [-0.39, 0.29) is 11.3 Å². The summed E-state index contributed by atoms with van der Waals surface area (Å²) in [7, 11) is -2.68. The van der Waals surface area contributed by atoms with E-state index in [1.54, 1.807) is 44.2 Å². The Bertz CT molecular complexity index is 1590. The van der Waals surface area contributed by atoms with Crippen LogP contribution in [0.25, 0.3) is 10.9 Å². The summed E-state index contributed by atoms with van der Waals surface area (Å²) in [6, 6.07) is 20.0. The van der Waals surface area contributed by atoms with Gasteiger partial charge in [0.15, 0.2) is 0 Å². The highest BCUT2D eigenvalue weighted by Gasteiger charge is 2.36. The Morgan fingerprint density at radius 1 is 0.838 bits per heavy atom. The minimum Gasteiger partial charge on any atom is -0.351 e. The fourth-order valence-electron chi connectivity index (χ4n) is 4.23. The first kappa shape index (κ1) is 27.2. The Balaban J connectivity index is 1.63. The molecule has 2 N–H and O–H groups in total. The molecule has 0 aliphatic carbocycles. The average Bonchev–Trinajstić information content (AvgIpc) is 3.27. The maximum Gasteiger partial charge on any atom is 0.276 e. The first-order valence-electron chi connectivity index (χ1n) is 11.6. The van der Waals surface area contributed by atoms with Crippen molar-refractivity contribution in [3.05, 3.63) is 99.2 Å². The van der Waals surface area contributed by atoms with Gasteiger partial charge in [0.1, 0.15) is 10.4 Å². The molecule has 4 aromatic rings. The highest BCUT2D eigenvalue weighted by molar-refractivity contribution is 7.87. The molecule has 4 rings (SSSR count). The lowest BCUT2D eigenvalue weighted by Gasteiger charge is -2.27. The molecule has 1 amide bonds. The van der Waals surface area contributed by atoms with E-state index < -0.39 is 14.9 Å². The smallest absolute Gasteiger partial charge is 0.276 e. The monoisotopic (exact) mass is 558 g/mol. The summed E-state index contributed by atoms with van der Waals surface area (Å²) in [6.45, 7) is 7.31. The van der Waals surface area contributed by atoms with E-state index in [4.69, 9.17) is 27.4 Å². The summed E-state index contributed by atoms with van der Waals surface area (Å²) < 4.78 is 28.3. The molecule has 194 valence electrons. The van der Waals surface area contributed by atoms with Crippen LogP contribution >= 0.6 is 23.2 Å². The van der Waals surface area contributed by atoms with Gasteiger partial charge in [-0.15, -0.1) is 0 Å². The Labute approximate surface area is 227 Å². The van der Waals surface area contributed by atoms with E-state index in [0.29, 0.717) is 32.5 Å². The minimum atomic E-state index is -3.82. The predicted octanol–water partition coefficient (Wildman–Crippen LogP) is 7.26. The van der Waals surface area contributed by atoms with Crippen molar-refractivity contribution in [1.29, 1.82) is 0 Å². The number of amides is 1. The van der Waals surface area contributed by atoms with Crippen LogP contribution in [0.3, 0.4) is 0 Å². The predicted molar refractivity (Wildman–Crippen MR) is 150 cm³/mol. The van der Waals surface area contributed by atoms with E-state index in [1.807, 2.05) is 36.4 Å². The Morgan fingerprint density at radius 3 is 2.14 bits per heavy atom. The highest BCUT2D eigenvalue weighted by atomic mass is 35.5. The fourth-order valence-corrected chi connectivity index (χ4v) is 5.42. The van der Waals surface area contributed by atoms with Crippen LogP contribution < -0.4 is 5.32 Å². The van der Waals surface area contributed by atoms with Crippen LogP contribution in [0.5, 0.6) is 0 Å². The van der Waals surface area contributed by atoms with Crippen LogP contribution in [0.15, 0.2) is 66.7 Å². The van der Waals surface area contributed by atoms with Crippen molar-refractivity contribution >= 4 is 55.8 Å². The van der Waals surface area contributed by atoms with Gasteiger partial charge >= 0.3 is 0 Å². The van der Waals surface area contributed by atoms with Gasteiger partial charge in [-0.2, -0.15) is 8.42 Å². The maximum absolute atomic E-state index is 13.1. The van der Waals surface area contributed by atoms with Crippen LogP contribution in [-0.4, -0.2) is 26.4 Å². The van der Waals surface area contributed by atoms with Gasteiger partial charge in [0, 0.05) is 32.1 Å². The number of rotatable bonds is 7. The third-order valence-corrected chi connectivity index (χ3v) is 9.24. The van der Waals surface area contributed by atoms with Crippen LogP contribution in [0, 0.1) is 0 Å². The molecular weight excluding hydrogens is 531 g/mol. The number of halogens is 2. The lowest BCUT2D eigenvalue weighted by molar-refractivity contribution is 0.102. The van der Waals surface area contributed by atoms with Gasteiger partial charge in [0.05, 0.1) is 7.11 Å². The molecule has 37 heavy (non-hydrogen) atoms. The third-order valence-electron chi connectivity index (χ3n) is 6.85. The van der Waals surface area contributed by atoms with Crippen LogP contribution in [-0.2, 0) is 24.5 Å². The standard InChI is InChI=1S/C28H28Cl2N2O4S/c1-27(2,18-8-10-21(29)11-9-18)20-13-22(30)16-23(14-20)31-26(33)25-12-17-6-7-19(15-24(17)32-25)28(3,4)37(34,35)36-5/h6-16,32H,1-5H3,(H,31,33). The molecule has 9 heteroatoms. The third kappa shape index (κ3) is 5.27. The number of benzene rings is 3. The normalized spacial score (nSPS) is 12.6. The molecule has 0 bridgehead atoms. The topological polar surface area (TPSA) is 88.3 Å². The zero-order valence-corrected chi connectivity index (χ0v) is 23.5. The van der Waals surface area contributed by atoms with Crippen LogP contribution in [0.2, 0.25) is 10.0 Å². The van der Waals surface area contributed by atoms with Crippen molar-refractivity contribution in [1.82, 2.24) is 4.98 Å². The van der Waals surface area contributed by atoms with Gasteiger partial charge < -0.3 is 10.3 Å². The number of H-pyrrole nitrogens is 1. The number of aromatic nitrogens is 1. The summed E-state index contributed by atoms with van der Waals surface area (Å²) in [5.41, 5.74) is 3.67. The van der Waals surface area contributed by atoms with Gasteiger partial charge in [-0.1, -0.05) is 61.3 Å². The maximum atomic E-state index is 13.1. The second-order valence-corrected chi connectivity index (χ2v) is 13.1. The number of carbonyl (C=O) groups excluding carboxylic acids is 1. The largest absolute Gasteiger partial charge is 0.351 e. The number of fused-ring (bicyclic) bond motifs is 1. The lowest BCUT2D eigenvalue weighted by atomic mass is 9.78. The number of hydrogen-bond donors (Lipinski definition) is 2. The van der Waals surface area contributed by atoms with Gasteiger partial charge in [-0.05, 0) is 73.0 Å². The van der Waals surface area contributed by atoms with Crippen molar-refractivity contribution < 1.29 is 17.4 Å². The SMILES string of the molecule is COS(=O)(=O)C(C)(C)c1ccc2cc(C(=O)Nc3cc(Cl)cc(C(C)(C)c4ccc(Cl)cc4)c3)[nH]c2c1. The van der Waals surface area contributed by atoms with Crippen LogP contribution in [0.1, 0.15) is 54.9 Å².